The Morgan fingerprint density at radius 1 is 1.37 bits per heavy atom. The normalized spacial score (nSPS) is 11.4. The van der Waals surface area contributed by atoms with Gasteiger partial charge in [0.15, 0.2) is 0 Å². The molecule has 0 radical (unpaired) electrons. The number of likely N-dealkylation sites (N-methyl/N-ethyl adjacent to an activating group) is 1. The summed E-state index contributed by atoms with van der Waals surface area (Å²) in [4.78, 5) is 17.5. The van der Waals surface area contributed by atoms with E-state index in [9.17, 15) is 4.79 Å². The number of carbonyl (C=O) groups excluding carboxylic acids is 1. The molecule has 2 N–H and O–H groups in total. The summed E-state index contributed by atoms with van der Waals surface area (Å²) in [6, 6.07) is 8.15. The van der Waals surface area contributed by atoms with Crippen LogP contribution in [-0.4, -0.2) is 42.0 Å². The second-order valence-electron chi connectivity index (χ2n) is 5.07. The Labute approximate surface area is 113 Å². The number of carbonyl (C=O) groups is 1. The van der Waals surface area contributed by atoms with Crippen LogP contribution >= 0.6 is 0 Å². The first-order valence-electron chi connectivity index (χ1n) is 6.64. The fourth-order valence-corrected chi connectivity index (χ4v) is 1.98. The predicted molar refractivity (Wildman–Crippen MR) is 78.4 cm³/mol. The number of H-pyrrole nitrogens is 1. The first-order valence-corrected chi connectivity index (χ1v) is 6.64. The van der Waals surface area contributed by atoms with E-state index in [1.807, 2.05) is 30.5 Å². The number of hydrogen-bond acceptors (Lipinski definition) is 2. The van der Waals surface area contributed by atoms with Crippen LogP contribution in [0.15, 0.2) is 30.5 Å². The van der Waals surface area contributed by atoms with Crippen molar-refractivity contribution < 1.29 is 4.79 Å². The van der Waals surface area contributed by atoms with Crippen molar-refractivity contribution in [3.05, 3.63) is 36.0 Å². The second-order valence-corrected chi connectivity index (χ2v) is 5.07. The number of nitrogens with one attached hydrogen (secondary N) is 2. The van der Waals surface area contributed by atoms with Gasteiger partial charge in [0, 0.05) is 41.8 Å². The van der Waals surface area contributed by atoms with E-state index in [0.29, 0.717) is 12.6 Å². The lowest BCUT2D eigenvalue weighted by molar-refractivity contribution is 0.0949. The molecule has 1 aromatic carbocycles. The fraction of sp³-hybridized carbons (Fsp3) is 0.400. The lowest BCUT2D eigenvalue weighted by Gasteiger charge is -2.20. The molecule has 0 spiro atoms. The first-order chi connectivity index (χ1) is 9.09. The zero-order valence-corrected chi connectivity index (χ0v) is 11.7. The Morgan fingerprint density at radius 2 is 2.16 bits per heavy atom. The molecule has 19 heavy (non-hydrogen) atoms. The number of hydrogen-bond donors (Lipinski definition) is 2. The molecule has 0 aliphatic carbocycles. The lowest BCUT2D eigenvalue weighted by Crippen LogP contribution is -2.36. The Bertz CT molecular complexity index is 559. The van der Waals surface area contributed by atoms with Crippen molar-refractivity contribution in [3.63, 3.8) is 0 Å². The molecule has 0 saturated heterocycles. The minimum Gasteiger partial charge on any atom is -0.361 e. The summed E-state index contributed by atoms with van der Waals surface area (Å²) in [7, 11) is 2.06. The second kappa shape index (κ2) is 5.89. The van der Waals surface area contributed by atoms with Gasteiger partial charge in [-0.3, -0.25) is 4.79 Å². The maximum Gasteiger partial charge on any atom is 0.252 e. The number of nitrogens with zero attached hydrogens (tertiary/aromatic N) is 1. The van der Waals surface area contributed by atoms with Gasteiger partial charge in [-0.2, -0.15) is 0 Å². The highest BCUT2D eigenvalue weighted by Crippen LogP contribution is 2.16. The van der Waals surface area contributed by atoms with Gasteiger partial charge in [-0.15, -0.1) is 0 Å². The third kappa shape index (κ3) is 3.15. The van der Waals surface area contributed by atoms with Gasteiger partial charge in [0.25, 0.3) is 5.91 Å². The molecule has 0 aliphatic heterocycles. The van der Waals surface area contributed by atoms with Crippen LogP contribution in [0.4, 0.5) is 0 Å². The van der Waals surface area contributed by atoms with Crippen molar-refractivity contribution in [2.45, 2.75) is 19.9 Å². The average molecular weight is 259 g/mol. The molecule has 4 nitrogen and oxygen atoms in total. The zero-order valence-electron chi connectivity index (χ0n) is 11.7. The lowest BCUT2D eigenvalue weighted by atomic mass is 10.1. The van der Waals surface area contributed by atoms with Crippen molar-refractivity contribution in [2.24, 2.45) is 0 Å². The van der Waals surface area contributed by atoms with E-state index in [-0.39, 0.29) is 5.91 Å². The van der Waals surface area contributed by atoms with Crippen LogP contribution in [-0.2, 0) is 0 Å². The van der Waals surface area contributed by atoms with Crippen LogP contribution in [0.25, 0.3) is 10.9 Å². The number of fused-ring (bicyclic) bond motifs is 1. The molecule has 0 saturated carbocycles. The van der Waals surface area contributed by atoms with E-state index in [1.54, 1.807) is 0 Å². The Kier molecular flexibility index (Phi) is 4.22. The monoisotopic (exact) mass is 259 g/mol. The molecule has 0 fully saturated rings. The van der Waals surface area contributed by atoms with E-state index >= 15 is 0 Å². The number of aromatic amines is 1. The van der Waals surface area contributed by atoms with Crippen molar-refractivity contribution >= 4 is 16.8 Å². The Balaban J connectivity index is 1.99. The van der Waals surface area contributed by atoms with E-state index in [0.717, 1.165) is 23.0 Å². The molecule has 0 atom stereocenters. The number of amides is 1. The minimum atomic E-state index is -0.0117. The van der Waals surface area contributed by atoms with Crippen LogP contribution in [0.1, 0.15) is 24.2 Å². The van der Waals surface area contributed by atoms with E-state index in [4.69, 9.17) is 0 Å². The molecule has 1 aromatic heterocycles. The summed E-state index contributed by atoms with van der Waals surface area (Å²) >= 11 is 0. The predicted octanol–water partition coefficient (Wildman–Crippen LogP) is 2.24. The molecule has 4 heteroatoms. The summed E-state index contributed by atoms with van der Waals surface area (Å²) < 4.78 is 0. The third-order valence-electron chi connectivity index (χ3n) is 3.47. The van der Waals surface area contributed by atoms with Crippen molar-refractivity contribution in [3.8, 4) is 0 Å². The number of aromatic nitrogens is 1. The van der Waals surface area contributed by atoms with Gasteiger partial charge in [0.2, 0.25) is 0 Å². The van der Waals surface area contributed by atoms with E-state index in [2.05, 4.69) is 36.1 Å². The van der Waals surface area contributed by atoms with Gasteiger partial charge in [-0.1, -0.05) is 6.07 Å². The standard InChI is InChI=1S/C15H21N3O/c1-11(2)18(3)10-9-17-15(19)13-5-4-6-14-12(13)7-8-16-14/h4-8,11,16H,9-10H2,1-3H3,(H,17,19). The molecule has 0 aliphatic rings. The molecule has 2 aromatic rings. The molecule has 0 bridgehead atoms. The zero-order chi connectivity index (χ0) is 13.8. The highest BCUT2D eigenvalue weighted by Gasteiger charge is 2.10. The maximum absolute atomic E-state index is 12.2. The summed E-state index contributed by atoms with van der Waals surface area (Å²) in [5.74, 6) is -0.0117. The van der Waals surface area contributed by atoms with Crippen molar-refractivity contribution in [2.75, 3.05) is 20.1 Å². The van der Waals surface area contributed by atoms with Crippen LogP contribution in [0.2, 0.25) is 0 Å². The maximum atomic E-state index is 12.2. The van der Waals surface area contributed by atoms with Gasteiger partial charge >= 0.3 is 0 Å². The summed E-state index contributed by atoms with van der Waals surface area (Å²) in [6.07, 6.45) is 1.86. The van der Waals surface area contributed by atoms with E-state index in [1.165, 1.54) is 0 Å². The van der Waals surface area contributed by atoms with Gasteiger partial charge in [-0.05, 0) is 39.1 Å². The highest BCUT2D eigenvalue weighted by atomic mass is 16.1. The van der Waals surface area contributed by atoms with Crippen LogP contribution in [0.5, 0.6) is 0 Å². The molecular formula is C15H21N3O. The Hall–Kier alpha value is -1.81. The first kappa shape index (κ1) is 13.6. The van der Waals surface area contributed by atoms with Gasteiger partial charge in [0.1, 0.15) is 0 Å². The summed E-state index contributed by atoms with van der Waals surface area (Å²) in [5, 5.41) is 3.94. The van der Waals surface area contributed by atoms with Crippen LogP contribution in [0, 0.1) is 0 Å². The largest absolute Gasteiger partial charge is 0.361 e. The number of benzene rings is 1. The van der Waals surface area contributed by atoms with Gasteiger partial charge in [0.05, 0.1) is 0 Å². The SMILES string of the molecule is CC(C)N(C)CCNC(=O)c1cccc2[nH]ccc12. The third-order valence-corrected chi connectivity index (χ3v) is 3.47. The fourth-order valence-electron chi connectivity index (χ4n) is 1.98. The molecule has 0 unspecified atom stereocenters. The quantitative estimate of drug-likeness (QED) is 0.865. The van der Waals surface area contributed by atoms with Crippen LogP contribution < -0.4 is 5.32 Å². The molecule has 1 heterocycles. The van der Waals surface area contributed by atoms with E-state index < -0.39 is 0 Å². The van der Waals surface area contributed by atoms with Gasteiger partial charge in [-0.25, -0.2) is 0 Å². The summed E-state index contributed by atoms with van der Waals surface area (Å²) in [6.45, 7) is 5.80. The number of rotatable bonds is 5. The molecular weight excluding hydrogens is 238 g/mol. The molecule has 1 amide bonds. The Morgan fingerprint density at radius 3 is 2.89 bits per heavy atom. The summed E-state index contributed by atoms with van der Waals surface area (Å²) in [5.41, 5.74) is 1.72. The smallest absolute Gasteiger partial charge is 0.252 e. The van der Waals surface area contributed by atoms with Crippen molar-refractivity contribution in [1.82, 2.24) is 15.2 Å². The minimum absolute atomic E-state index is 0.0117. The highest BCUT2D eigenvalue weighted by molar-refractivity contribution is 6.06. The molecule has 2 rings (SSSR count). The molecule has 102 valence electrons. The topological polar surface area (TPSA) is 48.1 Å². The van der Waals surface area contributed by atoms with Crippen LogP contribution in [0.3, 0.4) is 0 Å². The van der Waals surface area contributed by atoms with Crippen molar-refractivity contribution in [1.29, 1.82) is 0 Å². The average Bonchev–Trinajstić information content (AvgIpc) is 2.86. The van der Waals surface area contributed by atoms with Gasteiger partial charge < -0.3 is 15.2 Å².